The topological polar surface area (TPSA) is 84.6 Å². The molecule has 1 aromatic rings. The fraction of sp³-hybridized carbons (Fsp3) is 0.625. The smallest absolute Gasteiger partial charge is 0.226 e. The van der Waals surface area contributed by atoms with Gasteiger partial charge in [-0.3, -0.25) is 4.79 Å². The van der Waals surface area contributed by atoms with Crippen LogP contribution in [0.3, 0.4) is 0 Å². The Kier molecular flexibility index (Phi) is 5.90. The normalized spacial score (nSPS) is 29.9. The first-order valence-corrected chi connectivity index (χ1v) is 11.1. The minimum atomic E-state index is -0.673. The van der Waals surface area contributed by atoms with Crippen molar-refractivity contribution in [1.82, 2.24) is 5.32 Å². The number of nitrogens with one attached hydrogen (secondary N) is 1. The highest BCUT2D eigenvalue weighted by Crippen LogP contribution is 2.58. The van der Waals surface area contributed by atoms with Crippen molar-refractivity contribution in [1.29, 1.82) is 0 Å². The van der Waals surface area contributed by atoms with Gasteiger partial charge in [0.2, 0.25) is 5.91 Å². The van der Waals surface area contributed by atoms with Crippen molar-refractivity contribution in [2.45, 2.75) is 68.8 Å². The fourth-order valence-corrected chi connectivity index (χ4v) is 5.37. The summed E-state index contributed by atoms with van der Waals surface area (Å²) in [4.78, 5) is 12.9. The van der Waals surface area contributed by atoms with E-state index in [9.17, 15) is 14.3 Å². The monoisotopic (exact) mass is 416 g/mol. The summed E-state index contributed by atoms with van der Waals surface area (Å²) in [6.07, 6.45) is 8.86. The first kappa shape index (κ1) is 21.3. The summed E-state index contributed by atoms with van der Waals surface area (Å²) >= 11 is 0. The van der Waals surface area contributed by atoms with E-state index in [4.69, 9.17) is 10.5 Å². The van der Waals surface area contributed by atoms with Crippen molar-refractivity contribution < 1.29 is 19.0 Å². The van der Waals surface area contributed by atoms with Crippen LogP contribution in [0.4, 0.5) is 4.39 Å². The summed E-state index contributed by atoms with van der Waals surface area (Å²) in [5, 5.41) is 13.3. The van der Waals surface area contributed by atoms with Crippen LogP contribution in [0.25, 0.3) is 0 Å². The lowest BCUT2D eigenvalue weighted by molar-refractivity contribution is -0.140. The third-order valence-corrected chi connectivity index (χ3v) is 7.90. The van der Waals surface area contributed by atoms with Gasteiger partial charge in [0.25, 0.3) is 0 Å². The molecule has 4 aliphatic carbocycles. The molecule has 164 valence electrons. The van der Waals surface area contributed by atoms with Gasteiger partial charge in [-0.15, -0.1) is 0 Å². The van der Waals surface area contributed by atoms with Crippen LogP contribution in [-0.4, -0.2) is 36.3 Å². The van der Waals surface area contributed by atoms with Crippen molar-refractivity contribution in [3.8, 4) is 5.75 Å². The highest BCUT2D eigenvalue weighted by Gasteiger charge is 2.53. The maximum Gasteiger partial charge on any atom is 0.226 e. The van der Waals surface area contributed by atoms with E-state index in [1.54, 1.807) is 0 Å². The summed E-state index contributed by atoms with van der Waals surface area (Å²) in [6, 6.07) is 8.11. The molecule has 5 nitrogen and oxygen atoms in total. The Morgan fingerprint density at radius 3 is 2.23 bits per heavy atom. The van der Waals surface area contributed by atoms with Gasteiger partial charge in [-0.25, -0.2) is 4.39 Å². The van der Waals surface area contributed by atoms with Crippen LogP contribution >= 0.6 is 0 Å². The third-order valence-electron chi connectivity index (χ3n) is 7.90. The molecule has 30 heavy (non-hydrogen) atoms. The van der Waals surface area contributed by atoms with Gasteiger partial charge in [0.05, 0.1) is 11.9 Å². The van der Waals surface area contributed by atoms with Crippen LogP contribution in [0, 0.1) is 5.41 Å². The molecule has 0 atom stereocenters. The van der Waals surface area contributed by atoms with Crippen molar-refractivity contribution >= 4 is 5.91 Å². The van der Waals surface area contributed by atoms with Crippen LogP contribution in [0.15, 0.2) is 36.2 Å². The fourth-order valence-electron chi connectivity index (χ4n) is 5.37. The second-order valence-corrected chi connectivity index (χ2v) is 9.61. The molecule has 0 unspecified atom stereocenters. The molecule has 2 bridgehead atoms. The number of ether oxygens (including phenoxy) is 1. The number of amides is 1. The Hall–Kier alpha value is -1.92. The lowest BCUT2D eigenvalue weighted by atomic mass is 9.51. The summed E-state index contributed by atoms with van der Waals surface area (Å²) in [6.45, 7) is 0.695. The van der Waals surface area contributed by atoms with E-state index in [-0.39, 0.29) is 29.9 Å². The molecule has 0 radical (unpaired) electrons. The van der Waals surface area contributed by atoms with Crippen molar-refractivity contribution in [2.24, 2.45) is 11.1 Å². The second-order valence-electron chi connectivity index (χ2n) is 9.61. The molecule has 4 N–H and O–H groups in total. The predicted octanol–water partition coefficient (Wildman–Crippen LogP) is 3.50. The molecule has 6 heteroatoms. The van der Waals surface area contributed by atoms with E-state index < -0.39 is 5.60 Å². The van der Waals surface area contributed by atoms with Crippen LogP contribution in [0.2, 0.25) is 0 Å². The van der Waals surface area contributed by atoms with Crippen LogP contribution in [0.1, 0.15) is 63.4 Å². The first-order valence-electron chi connectivity index (χ1n) is 11.1. The number of carbonyl (C=O) groups is 1. The number of benzene rings is 1. The number of hydrogen-bond donors (Lipinski definition) is 3. The lowest BCUT2D eigenvalue weighted by Crippen LogP contribution is -2.55. The van der Waals surface area contributed by atoms with E-state index in [2.05, 4.69) is 17.4 Å². The number of carbonyl (C=O) groups excluding carboxylic acids is 1. The van der Waals surface area contributed by atoms with Crippen LogP contribution in [0.5, 0.6) is 5.75 Å². The SMILES string of the molecule is NC/C(=C\F)COc1ccc(C23CCC(C(=O)NCC4(O)CCC4)(CC2)CC3)cc1. The van der Waals surface area contributed by atoms with E-state index in [1.165, 1.54) is 5.56 Å². The number of aliphatic hydroxyl groups is 1. The standard InChI is InChI=1S/C24H33FN2O3/c25-14-18(15-26)16-30-20-4-2-19(3-5-20)22-8-11-23(12-9-22,13-10-22)21(28)27-17-24(29)6-1-7-24/h2-5,14,29H,1,6-13,15-17,26H2,(H,27,28)/b18-14+. The largest absolute Gasteiger partial charge is 0.489 e. The quantitative estimate of drug-likeness (QED) is 0.606. The molecule has 0 spiro atoms. The van der Waals surface area contributed by atoms with Gasteiger partial charge in [-0.1, -0.05) is 12.1 Å². The van der Waals surface area contributed by atoms with Crippen LogP contribution in [-0.2, 0) is 10.2 Å². The molecule has 0 aromatic heterocycles. The first-order chi connectivity index (χ1) is 14.4. The summed E-state index contributed by atoms with van der Waals surface area (Å²) in [5.41, 5.74) is 6.39. The maximum absolute atomic E-state index is 12.9. The molecule has 1 aromatic carbocycles. The average molecular weight is 417 g/mol. The number of rotatable bonds is 8. The van der Waals surface area contributed by atoms with Gasteiger partial charge in [0.1, 0.15) is 12.4 Å². The van der Waals surface area contributed by atoms with Gasteiger partial charge >= 0.3 is 0 Å². The second kappa shape index (κ2) is 8.31. The molecule has 0 saturated heterocycles. The molecular formula is C24H33FN2O3. The van der Waals surface area contributed by atoms with Crippen molar-refractivity contribution in [2.75, 3.05) is 19.7 Å². The van der Waals surface area contributed by atoms with Crippen molar-refractivity contribution in [3.05, 3.63) is 41.7 Å². The van der Waals surface area contributed by atoms with E-state index in [1.807, 2.05) is 12.1 Å². The highest BCUT2D eigenvalue weighted by molar-refractivity contribution is 5.83. The number of hydrogen-bond acceptors (Lipinski definition) is 4. The number of fused-ring (bicyclic) bond motifs is 3. The minimum absolute atomic E-state index is 0.133. The summed E-state index contributed by atoms with van der Waals surface area (Å²) < 4.78 is 18.2. The Labute approximate surface area is 177 Å². The van der Waals surface area contributed by atoms with E-state index in [0.29, 0.717) is 24.2 Å². The third kappa shape index (κ3) is 4.00. The highest BCUT2D eigenvalue weighted by atomic mass is 19.1. The molecule has 0 heterocycles. The number of halogens is 1. The van der Waals surface area contributed by atoms with Gasteiger partial charge < -0.3 is 20.9 Å². The number of nitrogens with two attached hydrogens (primary N) is 1. The predicted molar refractivity (Wildman–Crippen MR) is 114 cm³/mol. The van der Waals surface area contributed by atoms with Gasteiger partial charge in [-0.05, 0) is 80.9 Å². The molecule has 1 amide bonds. The van der Waals surface area contributed by atoms with Gasteiger partial charge in [-0.2, -0.15) is 0 Å². The lowest BCUT2D eigenvalue weighted by Gasteiger charge is -2.53. The van der Waals surface area contributed by atoms with E-state index in [0.717, 1.165) is 57.8 Å². The van der Waals surface area contributed by atoms with Crippen molar-refractivity contribution in [3.63, 3.8) is 0 Å². The molecule has 5 rings (SSSR count). The van der Waals surface area contributed by atoms with E-state index >= 15 is 0 Å². The summed E-state index contributed by atoms with van der Waals surface area (Å²) in [5.74, 6) is 0.841. The summed E-state index contributed by atoms with van der Waals surface area (Å²) in [7, 11) is 0. The van der Waals surface area contributed by atoms with Crippen LogP contribution < -0.4 is 15.8 Å². The Morgan fingerprint density at radius 2 is 1.73 bits per heavy atom. The molecule has 4 aliphatic rings. The maximum atomic E-state index is 12.9. The molecule has 4 saturated carbocycles. The zero-order chi connectivity index (χ0) is 21.2. The molecule has 0 aliphatic heterocycles. The van der Waals surface area contributed by atoms with Gasteiger partial charge in [0, 0.05) is 24.1 Å². The Bertz CT molecular complexity index is 777. The van der Waals surface area contributed by atoms with Gasteiger partial charge in [0.15, 0.2) is 0 Å². The minimum Gasteiger partial charge on any atom is -0.489 e. The Balaban J connectivity index is 1.35. The average Bonchev–Trinajstić information content (AvgIpc) is 2.78. The Morgan fingerprint density at radius 1 is 1.10 bits per heavy atom. The molecular weight excluding hydrogens is 383 g/mol. The zero-order valence-electron chi connectivity index (χ0n) is 17.6. The zero-order valence-corrected chi connectivity index (χ0v) is 17.6. The molecule has 4 fully saturated rings.